The second kappa shape index (κ2) is 8.25. The van der Waals surface area contributed by atoms with Crippen molar-refractivity contribution in [3.63, 3.8) is 0 Å². The monoisotopic (exact) mass is 322 g/mol. The van der Waals surface area contributed by atoms with Crippen molar-refractivity contribution in [2.24, 2.45) is 5.92 Å². The highest BCUT2D eigenvalue weighted by Crippen LogP contribution is 2.38. The summed E-state index contributed by atoms with van der Waals surface area (Å²) in [7, 11) is 0. The van der Waals surface area contributed by atoms with Crippen LogP contribution in [0.15, 0.2) is 48.5 Å². The van der Waals surface area contributed by atoms with Crippen molar-refractivity contribution in [2.75, 3.05) is 6.61 Å². The van der Waals surface area contributed by atoms with E-state index >= 15 is 0 Å². The number of hydrogen-bond donors (Lipinski definition) is 1. The lowest BCUT2D eigenvalue weighted by Gasteiger charge is -2.28. The number of hydrogen-bond acceptors (Lipinski definition) is 2. The minimum absolute atomic E-state index is 0.329. The summed E-state index contributed by atoms with van der Waals surface area (Å²) in [6, 6.07) is 16.7. The van der Waals surface area contributed by atoms with Crippen LogP contribution in [0.25, 0.3) is 11.1 Å². The van der Waals surface area contributed by atoms with Gasteiger partial charge in [0.25, 0.3) is 0 Å². The number of rotatable bonds is 6. The Bertz CT molecular complexity index is 635. The van der Waals surface area contributed by atoms with Gasteiger partial charge in [0, 0.05) is 12.2 Å². The van der Waals surface area contributed by atoms with E-state index in [-0.39, 0.29) is 0 Å². The highest BCUT2D eigenvalue weighted by atomic mass is 16.2. The van der Waals surface area contributed by atoms with Crippen LogP contribution in [-0.2, 0) is 0 Å². The van der Waals surface area contributed by atoms with Gasteiger partial charge in [-0.3, -0.25) is 4.79 Å². The molecule has 3 rings (SSSR count). The Labute approximate surface area is 144 Å². The van der Waals surface area contributed by atoms with Gasteiger partial charge in [-0.1, -0.05) is 48.5 Å². The normalized spacial score (nSPS) is 20.7. The molecule has 0 heterocycles. The summed E-state index contributed by atoms with van der Waals surface area (Å²) in [6.45, 7) is 0.329. The molecule has 2 nitrogen and oxygen atoms in total. The molecule has 1 aliphatic rings. The molecule has 0 bridgehead atoms. The fourth-order valence-corrected chi connectivity index (χ4v) is 3.87. The first-order valence-electron chi connectivity index (χ1n) is 9.06. The number of benzene rings is 2. The molecule has 1 aliphatic carbocycles. The topological polar surface area (TPSA) is 37.3 Å². The van der Waals surface area contributed by atoms with E-state index in [0.29, 0.717) is 18.1 Å². The minimum Gasteiger partial charge on any atom is -0.396 e. The van der Waals surface area contributed by atoms with E-state index in [1.54, 1.807) is 0 Å². The van der Waals surface area contributed by atoms with Crippen molar-refractivity contribution in [1.29, 1.82) is 0 Å². The standard InChI is InChI=1S/C22H26O2/c23-15-1-2-17-3-7-19(8-4-17)21-11-13-22(14-12-21)20-9-5-18(16-24)6-10-20/h5-6,9-14,16-17,19,23H,1-4,7-8,15H2. The van der Waals surface area contributed by atoms with Gasteiger partial charge in [-0.15, -0.1) is 0 Å². The Morgan fingerprint density at radius 3 is 2.00 bits per heavy atom. The smallest absolute Gasteiger partial charge is 0.150 e. The molecule has 24 heavy (non-hydrogen) atoms. The molecule has 0 saturated heterocycles. The third kappa shape index (κ3) is 4.12. The van der Waals surface area contributed by atoms with E-state index in [1.165, 1.54) is 43.2 Å². The number of aliphatic hydroxyl groups is 1. The molecular formula is C22H26O2. The van der Waals surface area contributed by atoms with Crippen LogP contribution in [-0.4, -0.2) is 18.0 Å². The van der Waals surface area contributed by atoms with E-state index in [2.05, 4.69) is 24.3 Å². The quantitative estimate of drug-likeness (QED) is 0.741. The summed E-state index contributed by atoms with van der Waals surface area (Å²) in [4.78, 5) is 10.7. The first kappa shape index (κ1) is 16.9. The molecule has 0 spiro atoms. The largest absolute Gasteiger partial charge is 0.396 e. The molecule has 1 saturated carbocycles. The van der Waals surface area contributed by atoms with Crippen molar-refractivity contribution in [1.82, 2.24) is 0 Å². The highest BCUT2D eigenvalue weighted by molar-refractivity contribution is 5.76. The summed E-state index contributed by atoms with van der Waals surface area (Å²) in [5, 5.41) is 8.96. The summed E-state index contributed by atoms with van der Waals surface area (Å²) < 4.78 is 0. The fourth-order valence-electron chi connectivity index (χ4n) is 3.87. The lowest BCUT2D eigenvalue weighted by molar-refractivity contribution is 0.112. The third-order valence-corrected chi connectivity index (χ3v) is 5.38. The Kier molecular flexibility index (Phi) is 5.81. The number of aldehydes is 1. The molecule has 126 valence electrons. The van der Waals surface area contributed by atoms with Gasteiger partial charge in [-0.25, -0.2) is 0 Å². The predicted molar refractivity (Wildman–Crippen MR) is 98.3 cm³/mol. The maximum Gasteiger partial charge on any atom is 0.150 e. The summed E-state index contributed by atoms with van der Waals surface area (Å²) >= 11 is 0. The van der Waals surface area contributed by atoms with Crippen LogP contribution in [0, 0.1) is 5.92 Å². The van der Waals surface area contributed by atoms with E-state index in [4.69, 9.17) is 5.11 Å². The third-order valence-electron chi connectivity index (χ3n) is 5.38. The molecular weight excluding hydrogens is 296 g/mol. The zero-order valence-corrected chi connectivity index (χ0v) is 14.2. The Balaban J connectivity index is 1.61. The molecule has 2 aromatic rings. The van der Waals surface area contributed by atoms with Gasteiger partial charge < -0.3 is 5.11 Å². The van der Waals surface area contributed by atoms with Crippen LogP contribution in [0.2, 0.25) is 0 Å². The second-order valence-corrected chi connectivity index (χ2v) is 6.95. The summed E-state index contributed by atoms with van der Waals surface area (Å²) in [5.74, 6) is 1.49. The lowest BCUT2D eigenvalue weighted by atomic mass is 9.77. The van der Waals surface area contributed by atoms with Crippen LogP contribution >= 0.6 is 0 Å². The van der Waals surface area contributed by atoms with Crippen molar-refractivity contribution in [2.45, 2.75) is 44.4 Å². The highest BCUT2D eigenvalue weighted by Gasteiger charge is 2.21. The van der Waals surface area contributed by atoms with E-state index in [1.807, 2.05) is 24.3 Å². The molecule has 0 radical (unpaired) electrons. The van der Waals surface area contributed by atoms with Gasteiger partial charge in [0.05, 0.1) is 0 Å². The molecule has 1 N–H and O–H groups in total. The SMILES string of the molecule is O=Cc1ccc(-c2ccc(C3CCC(CCCO)CC3)cc2)cc1. The second-order valence-electron chi connectivity index (χ2n) is 6.95. The van der Waals surface area contributed by atoms with Crippen molar-refractivity contribution < 1.29 is 9.90 Å². The zero-order valence-electron chi connectivity index (χ0n) is 14.2. The number of carbonyl (C=O) groups is 1. The van der Waals surface area contributed by atoms with Gasteiger partial charge in [0.2, 0.25) is 0 Å². The maximum absolute atomic E-state index is 10.7. The summed E-state index contributed by atoms with van der Waals surface area (Å²) in [6.07, 6.45) is 8.13. The molecule has 1 fully saturated rings. The number of carbonyl (C=O) groups excluding carboxylic acids is 1. The van der Waals surface area contributed by atoms with Crippen LogP contribution in [0.1, 0.15) is 60.4 Å². The van der Waals surface area contributed by atoms with Gasteiger partial charge in [0.1, 0.15) is 6.29 Å². The van der Waals surface area contributed by atoms with Gasteiger partial charge in [0.15, 0.2) is 0 Å². The van der Waals surface area contributed by atoms with Gasteiger partial charge in [-0.05, 0) is 67.1 Å². The lowest BCUT2D eigenvalue weighted by Crippen LogP contribution is -2.13. The first-order chi connectivity index (χ1) is 11.8. The number of aliphatic hydroxyl groups excluding tert-OH is 1. The van der Waals surface area contributed by atoms with E-state index < -0.39 is 0 Å². The van der Waals surface area contributed by atoms with Crippen molar-refractivity contribution in [3.05, 3.63) is 59.7 Å². The molecule has 0 unspecified atom stereocenters. The summed E-state index contributed by atoms with van der Waals surface area (Å²) in [5.41, 5.74) is 4.52. The predicted octanol–water partition coefficient (Wildman–Crippen LogP) is 5.21. The average Bonchev–Trinajstić information content (AvgIpc) is 2.67. The van der Waals surface area contributed by atoms with Crippen LogP contribution in [0.4, 0.5) is 0 Å². The Morgan fingerprint density at radius 2 is 1.46 bits per heavy atom. The first-order valence-corrected chi connectivity index (χ1v) is 9.06. The molecule has 2 heteroatoms. The van der Waals surface area contributed by atoms with Crippen LogP contribution in [0.3, 0.4) is 0 Å². The molecule has 0 atom stereocenters. The van der Waals surface area contributed by atoms with Crippen LogP contribution < -0.4 is 0 Å². The average molecular weight is 322 g/mol. The van der Waals surface area contributed by atoms with Crippen LogP contribution in [0.5, 0.6) is 0 Å². The van der Waals surface area contributed by atoms with Crippen molar-refractivity contribution >= 4 is 6.29 Å². The van der Waals surface area contributed by atoms with E-state index in [0.717, 1.165) is 24.2 Å². The minimum atomic E-state index is 0.329. The van der Waals surface area contributed by atoms with Gasteiger partial charge in [-0.2, -0.15) is 0 Å². The van der Waals surface area contributed by atoms with E-state index in [9.17, 15) is 4.79 Å². The molecule has 0 aliphatic heterocycles. The fraction of sp³-hybridized carbons (Fsp3) is 0.409. The zero-order chi connectivity index (χ0) is 16.8. The van der Waals surface area contributed by atoms with Crippen molar-refractivity contribution in [3.8, 4) is 11.1 Å². The Morgan fingerprint density at radius 1 is 0.875 bits per heavy atom. The molecule has 0 amide bonds. The molecule has 0 aromatic heterocycles. The molecule has 2 aromatic carbocycles. The van der Waals surface area contributed by atoms with Gasteiger partial charge >= 0.3 is 0 Å². The maximum atomic E-state index is 10.7. The Hall–Kier alpha value is -1.93.